The minimum Gasteiger partial charge on any atom is -0.338 e. The number of rotatable bonds is 6. The van der Waals surface area contributed by atoms with Gasteiger partial charge in [-0.3, -0.25) is 0 Å². The zero-order valence-corrected chi connectivity index (χ0v) is 11.3. The zero-order chi connectivity index (χ0) is 12.8. The molecule has 0 aliphatic rings. The highest BCUT2D eigenvalue weighted by molar-refractivity contribution is 6.16. The van der Waals surface area contributed by atoms with Gasteiger partial charge < -0.3 is 4.52 Å². The molecule has 96 valence electrons. The van der Waals surface area contributed by atoms with Crippen LogP contribution in [-0.2, 0) is 18.7 Å². The standard InChI is InChI=1S/C14H17ClN2O/c1-2-3-4-11-5-7-12(8-6-11)9-13-16-14(10-15)18-17-13/h5-8H,2-4,9-10H2,1H3. The number of alkyl halides is 1. The van der Waals surface area contributed by atoms with Gasteiger partial charge in [-0.25, -0.2) is 0 Å². The van der Waals surface area contributed by atoms with E-state index in [0.29, 0.717) is 18.1 Å². The quantitative estimate of drug-likeness (QED) is 0.746. The summed E-state index contributed by atoms with van der Waals surface area (Å²) in [6.07, 6.45) is 4.30. The van der Waals surface area contributed by atoms with Gasteiger partial charge in [-0.05, 0) is 24.0 Å². The first kappa shape index (κ1) is 13.1. The largest absolute Gasteiger partial charge is 0.338 e. The molecule has 0 amide bonds. The van der Waals surface area contributed by atoms with Crippen molar-refractivity contribution in [2.24, 2.45) is 0 Å². The van der Waals surface area contributed by atoms with Gasteiger partial charge in [0.1, 0.15) is 5.88 Å². The van der Waals surface area contributed by atoms with E-state index in [1.54, 1.807) is 0 Å². The Labute approximate surface area is 112 Å². The Morgan fingerprint density at radius 2 is 1.89 bits per heavy atom. The summed E-state index contributed by atoms with van der Waals surface area (Å²) in [5.74, 6) is 1.43. The molecule has 4 heteroatoms. The van der Waals surface area contributed by atoms with Crippen molar-refractivity contribution in [2.75, 3.05) is 0 Å². The molecule has 0 N–H and O–H groups in total. The lowest BCUT2D eigenvalue weighted by atomic mass is 10.0. The molecule has 0 aliphatic carbocycles. The summed E-state index contributed by atoms with van der Waals surface area (Å²) in [4.78, 5) is 4.19. The predicted molar refractivity (Wildman–Crippen MR) is 71.7 cm³/mol. The lowest BCUT2D eigenvalue weighted by Crippen LogP contribution is -1.92. The van der Waals surface area contributed by atoms with E-state index in [0.717, 1.165) is 6.42 Å². The van der Waals surface area contributed by atoms with Gasteiger partial charge in [0, 0.05) is 6.42 Å². The topological polar surface area (TPSA) is 38.9 Å². The second-order valence-corrected chi connectivity index (χ2v) is 4.60. The first-order chi connectivity index (χ1) is 8.81. The van der Waals surface area contributed by atoms with Crippen LogP contribution in [0, 0.1) is 0 Å². The molecule has 0 saturated heterocycles. The van der Waals surface area contributed by atoms with Crippen molar-refractivity contribution in [2.45, 2.75) is 38.5 Å². The maximum atomic E-state index is 5.62. The molecule has 18 heavy (non-hydrogen) atoms. The maximum absolute atomic E-state index is 5.62. The number of halogens is 1. The van der Waals surface area contributed by atoms with Crippen LogP contribution in [0.1, 0.15) is 42.6 Å². The molecule has 0 spiro atoms. The smallest absolute Gasteiger partial charge is 0.241 e. The van der Waals surface area contributed by atoms with E-state index in [1.165, 1.54) is 24.0 Å². The van der Waals surface area contributed by atoms with Crippen LogP contribution < -0.4 is 0 Å². The molecular weight excluding hydrogens is 248 g/mol. The van der Waals surface area contributed by atoms with Crippen molar-refractivity contribution >= 4 is 11.6 Å². The van der Waals surface area contributed by atoms with Gasteiger partial charge >= 0.3 is 0 Å². The molecule has 0 bridgehead atoms. The van der Waals surface area contributed by atoms with E-state index in [4.69, 9.17) is 16.1 Å². The van der Waals surface area contributed by atoms with E-state index in [2.05, 4.69) is 41.3 Å². The Morgan fingerprint density at radius 1 is 1.17 bits per heavy atom. The lowest BCUT2D eigenvalue weighted by Gasteiger charge is -2.01. The summed E-state index contributed by atoms with van der Waals surface area (Å²) in [5.41, 5.74) is 2.58. The molecule has 1 aromatic heterocycles. The van der Waals surface area contributed by atoms with E-state index >= 15 is 0 Å². The Balaban J connectivity index is 1.97. The number of nitrogens with zero attached hydrogens (tertiary/aromatic N) is 2. The molecule has 0 saturated carbocycles. The molecule has 2 aromatic rings. The third-order valence-corrected chi connectivity index (χ3v) is 3.06. The number of unbranched alkanes of at least 4 members (excludes halogenated alkanes) is 1. The molecular formula is C14H17ClN2O. The molecule has 0 fully saturated rings. The number of aromatic nitrogens is 2. The predicted octanol–water partition coefficient (Wildman–Crippen LogP) is 3.74. The fourth-order valence-electron chi connectivity index (χ4n) is 1.80. The monoisotopic (exact) mass is 264 g/mol. The zero-order valence-electron chi connectivity index (χ0n) is 10.5. The summed E-state index contributed by atoms with van der Waals surface area (Å²) in [5, 5.41) is 3.88. The van der Waals surface area contributed by atoms with Crippen LogP contribution in [0.3, 0.4) is 0 Å². The van der Waals surface area contributed by atoms with Gasteiger partial charge in [0.05, 0.1) is 0 Å². The van der Waals surface area contributed by atoms with Crippen LogP contribution in [0.15, 0.2) is 28.8 Å². The molecule has 0 radical (unpaired) electrons. The Hall–Kier alpha value is -1.35. The number of aryl methyl sites for hydroxylation is 1. The van der Waals surface area contributed by atoms with Crippen molar-refractivity contribution in [1.82, 2.24) is 10.1 Å². The van der Waals surface area contributed by atoms with Gasteiger partial charge in [-0.2, -0.15) is 4.98 Å². The average Bonchev–Trinajstić information content (AvgIpc) is 2.86. The van der Waals surface area contributed by atoms with Gasteiger partial charge in [0.25, 0.3) is 0 Å². The van der Waals surface area contributed by atoms with Crippen LogP contribution in [0.5, 0.6) is 0 Å². The molecule has 1 heterocycles. The first-order valence-electron chi connectivity index (χ1n) is 6.27. The van der Waals surface area contributed by atoms with Crippen LogP contribution in [0.4, 0.5) is 0 Å². The summed E-state index contributed by atoms with van der Waals surface area (Å²) in [6.45, 7) is 2.21. The van der Waals surface area contributed by atoms with Crippen LogP contribution >= 0.6 is 11.6 Å². The van der Waals surface area contributed by atoms with E-state index in [-0.39, 0.29) is 5.88 Å². The average molecular weight is 265 g/mol. The highest BCUT2D eigenvalue weighted by atomic mass is 35.5. The minimum atomic E-state index is 0.267. The van der Waals surface area contributed by atoms with Gasteiger partial charge in [-0.15, -0.1) is 11.6 Å². The molecule has 3 nitrogen and oxygen atoms in total. The van der Waals surface area contributed by atoms with Gasteiger partial charge in [0.15, 0.2) is 5.82 Å². The van der Waals surface area contributed by atoms with E-state index < -0.39 is 0 Å². The van der Waals surface area contributed by atoms with Gasteiger partial charge in [-0.1, -0.05) is 42.8 Å². The molecule has 2 rings (SSSR count). The molecule has 1 aromatic carbocycles. The highest BCUT2D eigenvalue weighted by Gasteiger charge is 2.05. The van der Waals surface area contributed by atoms with E-state index in [9.17, 15) is 0 Å². The summed E-state index contributed by atoms with van der Waals surface area (Å²) >= 11 is 5.62. The van der Waals surface area contributed by atoms with Crippen LogP contribution in [0.25, 0.3) is 0 Å². The van der Waals surface area contributed by atoms with Crippen molar-refractivity contribution in [3.05, 3.63) is 47.1 Å². The molecule has 0 aliphatic heterocycles. The Morgan fingerprint density at radius 3 is 2.50 bits per heavy atom. The van der Waals surface area contributed by atoms with E-state index in [1.807, 2.05) is 0 Å². The van der Waals surface area contributed by atoms with Crippen molar-refractivity contribution < 1.29 is 4.52 Å². The second-order valence-electron chi connectivity index (χ2n) is 4.33. The van der Waals surface area contributed by atoms with Crippen LogP contribution in [-0.4, -0.2) is 10.1 Å². The second kappa shape index (κ2) is 6.55. The molecule has 0 atom stereocenters. The number of hydrogen-bond donors (Lipinski definition) is 0. The van der Waals surface area contributed by atoms with Crippen molar-refractivity contribution in [1.29, 1.82) is 0 Å². The third kappa shape index (κ3) is 3.57. The lowest BCUT2D eigenvalue weighted by molar-refractivity contribution is 0.385. The fraction of sp³-hybridized carbons (Fsp3) is 0.429. The normalized spacial score (nSPS) is 10.8. The Kier molecular flexibility index (Phi) is 4.76. The highest BCUT2D eigenvalue weighted by Crippen LogP contribution is 2.11. The summed E-state index contributed by atoms with van der Waals surface area (Å²) < 4.78 is 4.97. The number of hydrogen-bond acceptors (Lipinski definition) is 3. The van der Waals surface area contributed by atoms with Gasteiger partial charge in [0.2, 0.25) is 5.89 Å². The third-order valence-electron chi connectivity index (χ3n) is 2.83. The SMILES string of the molecule is CCCCc1ccc(Cc2noc(CCl)n2)cc1. The summed E-state index contributed by atoms with van der Waals surface area (Å²) in [6, 6.07) is 8.60. The first-order valence-corrected chi connectivity index (χ1v) is 6.80. The Bertz CT molecular complexity index is 479. The number of benzene rings is 1. The minimum absolute atomic E-state index is 0.267. The van der Waals surface area contributed by atoms with Crippen LogP contribution in [0.2, 0.25) is 0 Å². The van der Waals surface area contributed by atoms with Crippen molar-refractivity contribution in [3.8, 4) is 0 Å². The molecule has 0 unspecified atom stereocenters. The summed E-state index contributed by atoms with van der Waals surface area (Å²) in [7, 11) is 0. The van der Waals surface area contributed by atoms with Crippen molar-refractivity contribution in [3.63, 3.8) is 0 Å². The fourth-order valence-corrected chi connectivity index (χ4v) is 1.91. The maximum Gasteiger partial charge on any atom is 0.241 e.